The summed E-state index contributed by atoms with van der Waals surface area (Å²) < 4.78 is 0. The van der Waals surface area contributed by atoms with Crippen molar-refractivity contribution in [3.63, 3.8) is 0 Å². The second kappa shape index (κ2) is 2.48. The molecule has 0 saturated heterocycles. The molecule has 1 nitrogen and oxygen atoms in total. The second-order valence-electron chi connectivity index (χ2n) is 2.63. The van der Waals surface area contributed by atoms with E-state index in [0.717, 1.165) is 6.04 Å². The minimum atomic E-state index is -1.41. The van der Waals surface area contributed by atoms with Gasteiger partial charge in [0.1, 0.15) is 8.24 Å². The molecule has 0 heterocycles. The molecular weight excluding hydrogens is 102 g/mol. The van der Waals surface area contributed by atoms with Crippen LogP contribution in [0.1, 0.15) is 13.3 Å². The standard InChI is InChI=1S/C5H14NSi/c1-4-5-7(2,3)6/h6H,4-5H2,1-3H3. The smallest absolute Gasteiger partial charge is 0.134 e. The van der Waals surface area contributed by atoms with Crippen molar-refractivity contribution in [2.75, 3.05) is 0 Å². The Bertz CT molecular complexity index is 46.5. The molecule has 0 fully saturated rings. The minimum absolute atomic E-state index is 1.15. The van der Waals surface area contributed by atoms with Gasteiger partial charge in [-0.25, -0.2) is 0 Å². The molecule has 0 spiro atoms. The van der Waals surface area contributed by atoms with Crippen LogP contribution in [0.25, 0.3) is 0 Å². The van der Waals surface area contributed by atoms with Crippen LogP contribution in [-0.2, 0) is 0 Å². The van der Waals surface area contributed by atoms with Crippen LogP contribution >= 0.6 is 0 Å². The number of hydrogen-bond acceptors (Lipinski definition) is 0. The monoisotopic (exact) mass is 116 g/mol. The van der Waals surface area contributed by atoms with Gasteiger partial charge in [-0.1, -0.05) is 26.4 Å². The lowest BCUT2D eigenvalue weighted by molar-refractivity contribution is 1.04. The topological polar surface area (TPSA) is 23.8 Å². The zero-order chi connectivity index (χ0) is 5.91. The molecule has 2 heteroatoms. The normalized spacial score (nSPS) is 12.0. The van der Waals surface area contributed by atoms with Crippen LogP contribution in [0.15, 0.2) is 0 Å². The molecule has 0 aliphatic carbocycles. The van der Waals surface area contributed by atoms with Crippen molar-refractivity contribution in [1.82, 2.24) is 5.40 Å². The Morgan fingerprint density at radius 2 is 1.86 bits per heavy atom. The highest BCUT2D eigenvalue weighted by molar-refractivity contribution is 6.73. The zero-order valence-corrected chi connectivity index (χ0v) is 6.41. The quantitative estimate of drug-likeness (QED) is 0.492. The highest BCUT2D eigenvalue weighted by Crippen LogP contribution is 2.04. The Balaban J connectivity index is 3.15. The lowest BCUT2D eigenvalue weighted by atomic mass is 10.6. The van der Waals surface area contributed by atoms with Gasteiger partial charge >= 0.3 is 0 Å². The zero-order valence-electron chi connectivity index (χ0n) is 5.41. The summed E-state index contributed by atoms with van der Waals surface area (Å²) in [4.78, 5) is 0. The molecule has 0 aliphatic heterocycles. The van der Waals surface area contributed by atoms with E-state index in [4.69, 9.17) is 5.40 Å². The van der Waals surface area contributed by atoms with Gasteiger partial charge in [-0.3, -0.25) is 5.40 Å². The molecule has 0 amide bonds. The fourth-order valence-corrected chi connectivity index (χ4v) is 1.87. The van der Waals surface area contributed by atoms with E-state index in [-0.39, 0.29) is 0 Å². The van der Waals surface area contributed by atoms with Crippen LogP contribution < -0.4 is 5.40 Å². The highest BCUT2D eigenvalue weighted by atomic mass is 28.3. The molecule has 7 heavy (non-hydrogen) atoms. The Morgan fingerprint density at radius 3 is 1.86 bits per heavy atom. The first-order valence-electron chi connectivity index (χ1n) is 2.81. The molecular formula is C5H14NSi. The van der Waals surface area contributed by atoms with Gasteiger partial charge in [0.25, 0.3) is 0 Å². The molecule has 0 aromatic carbocycles. The van der Waals surface area contributed by atoms with Crippen LogP contribution in [0, 0.1) is 0 Å². The molecule has 1 N–H and O–H groups in total. The summed E-state index contributed by atoms with van der Waals surface area (Å²) in [7, 11) is -1.41. The fourth-order valence-electron chi connectivity index (χ4n) is 0.625. The van der Waals surface area contributed by atoms with Gasteiger partial charge in [-0.2, -0.15) is 0 Å². The van der Waals surface area contributed by atoms with Crippen molar-refractivity contribution in [3.8, 4) is 0 Å². The van der Waals surface area contributed by atoms with Crippen molar-refractivity contribution in [2.24, 2.45) is 0 Å². The van der Waals surface area contributed by atoms with Crippen molar-refractivity contribution in [3.05, 3.63) is 0 Å². The Morgan fingerprint density at radius 1 is 1.43 bits per heavy atom. The Kier molecular flexibility index (Phi) is 2.54. The maximum absolute atomic E-state index is 7.47. The third kappa shape index (κ3) is 6.18. The molecule has 1 radical (unpaired) electrons. The van der Waals surface area contributed by atoms with Gasteiger partial charge in [0, 0.05) is 0 Å². The lowest BCUT2D eigenvalue weighted by Gasteiger charge is -2.10. The first kappa shape index (κ1) is 7.18. The van der Waals surface area contributed by atoms with E-state index in [1.165, 1.54) is 6.42 Å². The highest BCUT2D eigenvalue weighted by Gasteiger charge is 2.11. The summed E-state index contributed by atoms with van der Waals surface area (Å²) in [6, 6.07) is 1.15. The Labute approximate surface area is 47.0 Å². The van der Waals surface area contributed by atoms with Gasteiger partial charge < -0.3 is 0 Å². The maximum atomic E-state index is 7.47. The second-order valence-corrected chi connectivity index (χ2v) is 6.90. The Hall–Kier alpha value is 0.177. The van der Waals surface area contributed by atoms with Crippen LogP contribution in [0.5, 0.6) is 0 Å². The van der Waals surface area contributed by atoms with Crippen molar-refractivity contribution < 1.29 is 0 Å². The van der Waals surface area contributed by atoms with Crippen molar-refractivity contribution >= 4 is 8.24 Å². The first-order chi connectivity index (χ1) is 3.06. The minimum Gasteiger partial charge on any atom is -0.285 e. The van der Waals surface area contributed by atoms with Gasteiger partial charge in [-0.05, 0) is 6.04 Å². The average Bonchev–Trinajstić information content (AvgIpc) is 1.30. The SMILES string of the molecule is CCC[Si](C)(C)[NH]. The summed E-state index contributed by atoms with van der Waals surface area (Å²) in [6.45, 7) is 6.30. The molecule has 0 aromatic heterocycles. The van der Waals surface area contributed by atoms with E-state index in [2.05, 4.69) is 20.0 Å². The predicted octanol–water partition coefficient (Wildman–Crippen LogP) is 1.88. The molecule has 0 rings (SSSR count). The molecule has 0 aliphatic rings. The predicted molar refractivity (Wildman–Crippen MR) is 35.7 cm³/mol. The third-order valence-electron chi connectivity index (χ3n) is 0.875. The lowest BCUT2D eigenvalue weighted by Crippen LogP contribution is -2.26. The summed E-state index contributed by atoms with van der Waals surface area (Å²) in [6.07, 6.45) is 1.18. The van der Waals surface area contributed by atoms with Gasteiger partial charge in [0.2, 0.25) is 0 Å². The van der Waals surface area contributed by atoms with Gasteiger partial charge in [0.15, 0.2) is 0 Å². The van der Waals surface area contributed by atoms with Crippen LogP contribution in [0.4, 0.5) is 0 Å². The van der Waals surface area contributed by atoms with Gasteiger partial charge in [0.05, 0.1) is 0 Å². The van der Waals surface area contributed by atoms with Crippen LogP contribution in [0.2, 0.25) is 19.1 Å². The van der Waals surface area contributed by atoms with E-state index in [0.29, 0.717) is 0 Å². The third-order valence-corrected chi connectivity index (χ3v) is 2.62. The maximum Gasteiger partial charge on any atom is 0.134 e. The molecule has 43 valence electrons. The van der Waals surface area contributed by atoms with Crippen molar-refractivity contribution in [1.29, 1.82) is 0 Å². The van der Waals surface area contributed by atoms with E-state index >= 15 is 0 Å². The molecule has 0 aromatic rings. The van der Waals surface area contributed by atoms with Crippen LogP contribution in [-0.4, -0.2) is 8.24 Å². The van der Waals surface area contributed by atoms with E-state index < -0.39 is 8.24 Å². The average molecular weight is 116 g/mol. The summed E-state index contributed by atoms with van der Waals surface area (Å²) in [5, 5.41) is 7.47. The molecule has 0 atom stereocenters. The number of nitrogens with one attached hydrogen (secondary N) is 1. The van der Waals surface area contributed by atoms with Crippen LogP contribution in [0.3, 0.4) is 0 Å². The fraction of sp³-hybridized carbons (Fsp3) is 1.00. The molecule has 0 unspecified atom stereocenters. The number of hydrogen-bond donors (Lipinski definition) is 0. The van der Waals surface area contributed by atoms with Gasteiger partial charge in [-0.15, -0.1) is 0 Å². The summed E-state index contributed by atoms with van der Waals surface area (Å²) in [5.41, 5.74) is 0. The summed E-state index contributed by atoms with van der Waals surface area (Å²) >= 11 is 0. The van der Waals surface area contributed by atoms with Crippen molar-refractivity contribution in [2.45, 2.75) is 32.5 Å². The molecule has 0 bridgehead atoms. The van der Waals surface area contributed by atoms with E-state index in [9.17, 15) is 0 Å². The van der Waals surface area contributed by atoms with E-state index in [1.54, 1.807) is 0 Å². The largest absolute Gasteiger partial charge is 0.285 e. The molecule has 0 saturated carbocycles. The number of rotatable bonds is 2. The van der Waals surface area contributed by atoms with E-state index in [1.807, 2.05) is 0 Å². The summed E-state index contributed by atoms with van der Waals surface area (Å²) in [5.74, 6) is 0. The first-order valence-corrected chi connectivity index (χ1v) is 6.02.